The first-order valence-corrected chi connectivity index (χ1v) is 9.37. The summed E-state index contributed by atoms with van der Waals surface area (Å²) in [6.07, 6.45) is 9.84. The van der Waals surface area contributed by atoms with E-state index in [1.165, 1.54) is 12.1 Å². The molecular weight excluding hydrogens is 338 g/mol. The van der Waals surface area contributed by atoms with Crippen molar-refractivity contribution in [2.75, 3.05) is 18.4 Å². The largest absolute Gasteiger partial charge is 0.337 e. The molecule has 4 rings (SSSR count). The minimum Gasteiger partial charge on any atom is -0.337 e. The van der Waals surface area contributed by atoms with Crippen LogP contribution in [0.25, 0.3) is 0 Å². The molecule has 0 spiro atoms. The fourth-order valence-corrected chi connectivity index (χ4v) is 3.56. The molecule has 1 fully saturated rings. The Morgan fingerprint density at radius 2 is 2.07 bits per heavy atom. The monoisotopic (exact) mass is 363 g/mol. The standard InChI is InChI=1S/C20H25N7/c1-15-5-3-7-19(24-15)25-20-11-22-18(10-23-20)16-6-4-8-27(12-16)13-17-9-21-14-26(17)2/h3,5,7,9-11,14,16H,4,6,8,12-13H2,1-2H3,(H,23,24,25). The summed E-state index contributed by atoms with van der Waals surface area (Å²) in [5.41, 5.74) is 3.28. The third kappa shape index (κ3) is 4.31. The Morgan fingerprint density at radius 1 is 1.15 bits per heavy atom. The van der Waals surface area contributed by atoms with E-state index >= 15 is 0 Å². The number of anilines is 2. The van der Waals surface area contributed by atoms with Crippen molar-refractivity contribution < 1.29 is 0 Å². The summed E-state index contributed by atoms with van der Waals surface area (Å²) in [5.74, 6) is 1.93. The van der Waals surface area contributed by atoms with Crippen molar-refractivity contribution in [1.82, 2.24) is 29.4 Å². The molecule has 7 heteroatoms. The maximum Gasteiger partial charge on any atom is 0.150 e. The van der Waals surface area contributed by atoms with Crippen molar-refractivity contribution in [3.63, 3.8) is 0 Å². The first-order valence-electron chi connectivity index (χ1n) is 9.37. The Hall–Kier alpha value is -2.80. The summed E-state index contributed by atoms with van der Waals surface area (Å²) in [4.78, 5) is 20.4. The van der Waals surface area contributed by atoms with Gasteiger partial charge in [-0.2, -0.15) is 0 Å². The van der Waals surface area contributed by atoms with Crippen LogP contribution in [0.1, 0.15) is 35.8 Å². The average molecular weight is 363 g/mol. The van der Waals surface area contributed by atoms with Crippen LogP contribution in [0.4, 0.5) is 11.6 Å². The molecule has 1 unspecified atom stereocenters. The highest BCUT2D eigenvalue weighted by Gasteiger charge is 2.23. The molecular formula is C20H25N7. The number of nitrogens with one attached hydrogen (secondary N) is 1. The molecule has 1 atom stereocenters. The Morgan fingerprint density at radius 3 is 2.81 bits per heavy atom. The lowest BCUT2D eigenvalue weighted by Gasteiger charge is -2.32. The lowest BCUT2D eigenvalue weighted by molar-refractivity contribution is 0.194. The van der Waals surface area contributed by atoms with Crippen molar-refractivity contribution in [1.29, 1.82) is 0 Å². The number of hydrogen-bond acceptors (Lipinski definition) is 6. The third-order valence-electron chi connectivity index (χ3n) is 5.04. The number of rotatable bonds is 5. The summed E-state index contributed by atoms with van der Waals surface area (Å²) in [6, 6.07) is 5.88. The van der Waals surface area contributed by atoms with Gasteiger partial charge < -0.3 is 9.88 Å². The highest BCUT2D eigenvalue weighted by atomic mass is 15.2. The van der Waals surface area contributed by atoms with Gasteiger partial charge in [-0.15, -0.1) is 0 Å². The fraction of sp³-hybridized carbons (Fsp3) is 0.400. The first-order chi connectivity index (χ1) is 13.2. The lowest BCUT2D eigenvalue weighted by Crippen LogP contribution is -2.34. The summed E-state index contributed by atoms with van der Waals surface area (Å²) in [5, 5.41) is 3.21. The van der Waals surface area contributed by atoms with Gasteiger partial charge in [-0.3, -0.25) is 9.88 Å². The summed E-state index contributed by atoms with van der Waals surface area (Å²) < 4.78 is 2.09. The van der Waals surface area contributed by atoms with Crippen LogP contribution in [-0.4, -0.2) is 42.5 Å². The van der Waals surface area contributed by atoms with Crippen LogP contribution in [0.15, 0.2) is 43.1 Å². The van der Waals surface area contributed by atoms with Gasteiger partial charge in [-0.25, -0.2) is 15.0 Å². The van der Waals surface area contributed by atoms with Crippen molar-refractivity contribution in [2.24, 2.45) is 7.05 Å². The summed E-state index contributed by atoms with van der Waals surface area (Å²) in [7, 11) is 2.05. The van der Waals surface area contributed by atoms with Crippen molar-refractivity contribution in [2.45, 2.75) is 32.2 Å². The van der Waals surface area contributed by atoms with Crippen LogP contribution in [0, 0.1) is 6.92 Å². The second-order valence-electron chi connectivity index (χ2n) is 7.19. The van der Waals surface area contributed by atoms with Crippen molar-refractivity contribution in [3.8, 4) is 0 Å². The Balaban J connectivity index is 1.40. The minimum absolute atomic E-state index is 0.422. The van der Waals surface area contributed by atoms with E-state index < -0.39 is 0 Å². The van der Waals surface area contributed by atoms with Gasteiger partial charge in [0.05, 0.1) is 30.1 Å². The third-order valence-corrected chi connectivity index (χ3v) is 5.04. The van der Waals surface area contributed by atoms with Crippen LogP contribution >= 0.6 is 0 Å². The topological polar surface area (TPSA) is 71.8 Å². The van der Waals surface area contributed by atoms with E-state index in [0.29, 0.717) is 5.92 Å². The van der Waals surface area contributed by atoms with Gasteiger partial charge in [0, 0.05) is 37.9 Å². The second kappa shape index (κ2) is 7.84. The van der Waals surface area contributed by atoms with Gasteiger partial charge >= 0.3 is 0 Å². The number of aromatic nitrogens is 5. The highest BCUT2D eigenvalue weighted by molar-refractivity contribution is 5.50. The van der Waals surface area contributed by atoms with Crippen LogP contribution in [0.2, 0.25) is 0 Å². The minimum atomic E-state index is 0.422. The van der Waals surface area contributed by atoms with Gasteiger partial charge in [-0.1, -0.05) is 6.07 Å². The Kier molecular flexibility index (Phi) is 5.11. The van der Waals surface area contributed by atoms with Gasteiger partial charge in [0.15, 0.2) is 0 Å². The number of likely N-dealkylation sites (tertiary alicyclic amines) is 1. The quantitative estimate of drug-likeness (QED) is 0.751. The normalized spacial score (nSPS) is 17.8. The average Bonchev–Trinajstić information content (AvgIpc) is 3.07. The molecule has 27 heavy (non-hydrogen) atoms. The van der Waals surface area contributed by atoms with E-state index in [4.69, 9.17) is 0 Å². The zero-order chi connectivity index (χ0) is 18.6. The molecule has 1 N–H and O–H groups in total. The maximum absolute atomic E-state index is 4.67. The highest BCUT2D eigenvalue weighted by Crippen LogP contribution is 2.26. The smallest absolute Gasteiger partial charge is 0.150 e. The zero-order valence-corrected chi connectivity index (χ0v) is 15.8. The van der Waals surface area contributed by atoms with Crippen LogP contribution in [0.5, 0.6) is 0 Å². The van der Waals surface area contributed by atoms with E-state index in [9.17, 15) is 0 Å². The molecule has 1 saturated heterocycles. The van der Waals surface area contributed by atoms with E-state index in [0.717, 1.165) is 49.1 Å². The molecule has 0 aliphatic carbocycles. The number of piperidine rings is 1. The summed E-state index contributed by atoms with van der Waals surface area (Å²) >= 11 is 0. The molecule has 7 nitrogen and oxygen atoms in total. The summed E-state index contributed by atoms with van der Waals surface area (Å²) in [6.45, 7) is 5.03. The van der Waals surface area contributed by atoms with Crippen molar-refractivity contribution >= 4 is 11.6 Å². The van der Waals surface area contributed by atoms with E-state index in [2.05, 4.69) is 34.7 Å². The SMILES string of the molecule is Cc1cccc(Nc2cnc(C3CCCN(Cc4cncn4C)C3)cn2)n1. The molecule has 0 aromatic carbocycles. The molecule has 140 valence electrons. The number of imidazole rings is 1. The Labute approximate surface area is 159 Å². The van der Waals surface area contributed by atoms with Gasteiger partial charge in [0.1, 0.15) is 11.6 Å². The molecule has 0 bridgehead atoms. The zero-order valence-electron chi connectivity index (χ0n) is 15.8. The predicted molar refractivity (Wildman–Crippen MR) is 105 cm³/mol. The van der Waals surface area contributed by atoms with Crippen molar-refractivity contribution in [3.05, 3.63) is 60.2 Å². The number of pyridine rings is 1. The molecule has 1 aliphatic rings. The molecule has 0 radical (unpaired) electrons. The van der Waals surface area contributed by atoms with Crippen LogP contribution < -0.4 is 5.32 Å². The number of nitrogens with zero attached hydrogens (tertiary/aromatic N) is 6. The predicted octanol–water partition coefficient (Wildman–Crippen LogP) is 3.04. The molecule has 0 amide bonds. The van der Waals surface area contributed by atoms with Crippen LogP contribution in [-0.2, 0) is 13.6 Å². The number of aryl methyl sites for hydroxylation is 2. The first kappa shape index (κ1) is 17.6. The van der Waals surface area contributed by atoms with Gasteiger partial charge in [-0.05, 0) is 38.4 Å². The maximum atomic E-state index is 4.67. The molecule has 1 aliphatic heterocycles. The Bertz CT molecular complexity index is 887. The van der Waals surface area contributed by atoms with Crippen LogP contribution in [0.3, 0.4) is 0 Å². The molecule has 3 aromatic rings. The fourth-order valence-electron chi connectivity index (χ4n) is 3.56. The second-order valence-corrected chi connectivity index (χ2v) is 7.19. The van der Waals surface area contributed by atoms with E-state index in [1.807, 2.05) is 50.9 Å². The number of hydrogen-bond donors (Lipinski definition) is 1. The molecule has 4 heterocycles. The van der Waals surface area contributed by atoms with Gasteiger partial charge in [0.2, 0.25) is 0 Å². The lowest BCUT2D eigenvalue weighted by atomic mass is 9.95. The molecule has 3 aromatic heterocycles. The van der Waals surface area contributed by atoms with E-state index in [-0.39, 0.29) is 0 Å². The molecule has 0 saturated carbocycles. The van der Waals surface area contributed by atoms with E-state index in [1.54, 1.807) is 6.20 Å². The van der Waals surface area contributed by atoms with Gasteiger partial charge in [0.25, 0.3) is 0 Å².